The summed E-state index contributed by atoms with van der Waals surface area (Å²) < 4.78 is 5.56. The minimum atomic E-state index is -0.217. The number of hydrogen-bond acceptors (Lipinski definition) is 2. The van der Waals surface area contributed by atoms with Gasteiger partial charge in [0.25, 0.3) is 5.91 Å². The summed E-state index contributed by atoms with van der Waals surface area (Å²) in [5.41, 5.74) is 1.69. The fourth-order valence-corrected chi connectivity index (χ4v) is 1.97. The third-order valence-corrected chi connectivity index (χ3v) is 3.08. The number of amides is 1. The van der Waals surface area contributed by atoms with E-state index in [1.807, 2.05) is 24.3 Å². The van der Waals surface area contributed by atoms with Crippen molar-refractivity contribution in [3.8, 4) is 5.75 Å². The molecule has 0 unspecified atom stereocenters. The number of allylic oxidation sites excluding steroid dienone is 1. The Morgan fingerprint density at radius 3 is 2.62 bits per heavy atom. The molecule has 2 aromatic rings. The lowest BCUT2D eigenvalue weighted by Crippen LogP contribution is -2.20. The molecule has 0 bridgehead atoms. The van der Waals surface area contributed by atoms with Crippen LogP contribution in [0.15, 0.2) is 61.2 Å². The largest absolute Gasteiger partial charge is 0.483 e. The molecule has 0 aliphatic heterocycles. The number of anilines is 1. The fourth-order valence-electron chi connectivity index (χ4n) is 1.84. The van der Waals surface area contributed by atoms with Crippen molar-refractivity contribution in [3.05, 3.63) is 71.8 Å². The molecule has 0 heterocycles. The molecule has 3 nitrogen and oxygen atoms in total. The molecule has 0 saturated carbocycles. The molecule has 0 aromatic heterocycles. The van der Waals surface area contributed by atoms with Crippen LogP contribution in [0.1, 0.15) is 5.56 Å². The Kier molecular flexibility index (Phi) is 5.41. The number of nitrogens with one attached hydrogen (secondary N) is 1. The number of para-hydroxylation sites is 1. The van der Waals surface area contributed by atoms with Crippen molar-refractivity contribution in [1.82, 2.24) is 0 Å². The second-order valence-corrected chi connectivity index (χ2v) is 4.88. The van der Waals surface area contributed by atoms with Crippen molar-refractivity contribution >= 4 is 23.2 Å². The van der Waals surface area contributed by atoms with Crippen LogP contribution in [0.25, 0.3) is 0 Å². The highest BCUT2D eigenvalue weighted by molar-refractivity contribution is 6.30. The van der Waals surface area contributed by atoms with E-state index in [0.29, 0.717) is 22.9 Å². The first-order valence-electron chi connectivity index (χ1n) is 6.56. The molecule has 0 aliphatic carbocycles. The van der Waals surface area contributed by atoms with Crippen molar-refractivity contribution in [2.45, 2.75) is 6.42 Å². The van der Waals surface area contributed by atoms with E-state index in [4.69, 9.17) is 16.3 Å². The number of ether oxygens (including phenoxy) is 1. The first-order valence-corrected chi connectivity index (χ1v) is 6.94. The summed E-state index contributed by atoms with van der Waals surface area (Å²) in [6.45, 7) is 3.66. The minimum absolute atomic E-state index is 0.0449. The van der Waals surface area contributed by atoms with Crippen LogP contribution in [-0.2, 0) is 11.2 Å². The smallest absolute Gasteiger partial charge is 0.262 e. The maximum atomic E-state index is 11.9. The molecule has 2 rings (SSSR count). The number of benzene rings is 2. The van der Waals surface area contributed by atoms with Crippen LogP contribution < -0.4 is 10.1 Å². The zero-order valence-corrected chi connectivity index (χ0v) is 12.3. The van der Waals surface area contributed by atoms with Gasteiger partial charge in [-0.25, -0.2) is 0 Å². The lowest BCUT2D eigenvalue weighted by Gasteiger charge is -2.10. The summed E-state index contributed by atoms with van der Waals surface area (Å²) in [5.74, 6) is 0.481. The van der Waals surface area contributed by atoms with Crippen LogP contribution in [0.3, 0.4) is 0 Å². The molecule has 108 valence electrons. The van der Waals surface area contributed by atoms with E-state index in [9.17, 15) is 4.79 Å². The maximum absolute atomic E-state index is 11.9. The van der Waals surface area contributed by atoms with Gasteiger partial charge in [0.2, 0.25) is 0 Å². The quantitative estimate of drug-likeness (QED) is 0.816. The van der Waals surface area contributed by atoms with Crippen LogP contribution >= 0.6 is 11.6 Å². The molecule has 1 N–H and O–H groups in total. The van der Waals surface area contributed by atoms with E-state index in [1.54, 1.807) is 30.3 Å². The van der Waals surface area contributed by atoms with Crippen molar-refractivity contribution in [2.24, 2.45) is 0 Å². The van der Waals surface area contributed by atoms with Gasteiger partial charge in [-0.3, -0.25) is 4.79 Å². The predicted molar refractivity (Wildman–Crippen MR) is 85.9 cm³/mol. The third kappa shape index (κ3) is 4.65. The SMILES string of the molecule is C=CCc1ccccc1OCC(=O)Nc1ccc(Cl)cc1. The highest BCUT2D eigenvalue weighted by Crippen LogP contribution is 2.19. The van der Waals surface area contributed by atoms with E-state index < -0.39 is 0 Å². The third-order valence-electron chi connectivity index (χ3n) is 2.82. The van der Waals surface area contributed by atoms with Crippen molar-refractivity contribution in [1.29, 1.82) is 0 Å². The Balaban J connectivity index is 1.92. The van der Waals surface area contributed by atoms with Gasteiger partial charge in [-0.15, -0.1) is 6.58 Å². The van der Waals surface area contributed by atoms with Gasteiger partial charge < -0.3 is 10.1 Å². The van der Waals surface area contributed by atoms with Gasteiger partial charge in [-0.05, 0) is 42.3 Å². The van der Waals surface area contributed by atoms with E-state index in [0.717, 1.165) is 5.56 Å². The fraction of sp³-hybridized carbons (Fsp3) is 0.118. The van der Waals surface area contributed by atoms with Crippen LogP contribution in [0, 0.1) is 0 Å². The van der Waals surface area contributed by atoms with Crippen LogP contribution in [0.5, 0.6) is 5.75 Å². The lowest BCUT2D eigenvalue weighted by molar-refractivity contribution is -0.118. The minimum Gasteiger partial charge on any atom is -0.483 e. The van der Waals surface area contributed by atoms with Gasteiger partial charge in [0, 0.05) is 10.7 Å². The van der Waals surface area contributed by atoms with Gasteiger partial charge in [0.15, 0.2) is 6.61 Å². The summed E-state index contributed by atoms with van der Waals surface area (Å²) in [5, 5.41) is 3.38. The Bertz CT molecular complexity index is 623. The molecule has 4 heteroatoms. The van der Waals surface area contributed by atoms with Gasteiger partial charge in [0.05, 0.1) is 0 Å². The Morgan fingerprint density at radius 1 is 1.19 bits per heavy atom. The molecule has 0 radical (unpaired) electrons. The summed E-state index contributed by atoms with van der Waals surface area (Å²) in [6, 6.07) is 14.5. The summed E-state index contributed by atoms with van der Waals surface area (Å²) in [6.07, 6.45) is 2.50. The molecule has 0 spiro atoms. The van der Waals surface area contributed by atoms with Crippen LogP contribution in [0.2, 0.25) is 5.02 Å². The average Bonchev–Trinajstić information content (AvgIpc) is 2.49. The Hall–Kier alpha value is -2.26. The molecule has 21 heavy (non-hydrogen) atoms. The summed E-state index contributed by atoms with van der Waals surface area (Å²) in [7, 11) is 0. The molecule has 0 fully saturated rings. The van der Waals surface area contributed by atoms with E-state index >= 15 is 0 Å². The molecule has 1 amide bonds. The van der Waals surface area contributed by atoms with Crippen molar-refractivity contribution in [3.63, 3.8) is 0 Å². The normalized spacial score (nSPS) is 9.95. The molecule has 2 aromatic carbocycles. The van der Waals surface area contributed by atoms with E-state index in [2.05, 4.69) is 11.9 Å². The van der Waals surface area contributed by atoms with Crippen molar-refractivity contribution in [2.75, 3.05) is 11.9 Å². The maximum Gasteiger partial charge on any atom is 0.262 e. The molecule has 0 atom stereocenters. The van der Waals surface area contributed by atoms with Gasteiger partial charge in [-0.1, -0.05) is 35.9 Å². The van der Waals surface area contributed by atoms with E-state index in [1.165, 1.54) is 0 Å². The van der Waals surface area contributed by atoms with Crippen LogP contribution in [-0.4, -0.2) is 12.5 Å². The Labute approximate surface area is 129 Å². The number of rotatable bonds is 6. The van der Waals surface area contributed by atoms with Gasteiger partial charge in [0.1, 0.15) is 5.75 Å². The second-order valence-electron chi connectivity index (χ2n) is 4.44. The predicted octanol–water partition coefficient (Wildman–Crippen LogP) is 4.09. The van der Waals surface area contributed by atoms with Crippen LogP contribution in [0.4, 0.5) is 5.69 Å². The monoisotopic (exact) mass is 301 g/mol. The summed E-state index contributed by atoms with van der Waals surface area (Å²) >= 11 is 5.79. The highest BCUT2D eigenvalue weighted by Gasteiger charge is 2.06. The average molecular weight is 302 g/mol. The number of carbonyl (C=O) groups is 1. The van der Waals surface area contributed by atoms with E-state index in [-0.39, 0.29) is 12.5 Å². The molecule has 0 aliphatic rings. The molecule has 0 saturated heterocycles. The summed E-state index contributed by atoms with van der Waals surface area (Å²) in [4.78, 5) is 11.9. The standard InChI is InChI=1S/C17H16ClNO2/c1-2-5-13-6-3-4-7-16(13)21-12-17(20)19-15-10-8-14(18)9-11-15/h2-4,6-11H,1,5,12H2,(H,19,20). The second kappa shape index (κ2) is 7.50. The zero-order valence-electron chi connectivity index (χ0n) is 11.5. The lowest BCUT2D eigenvalue weighted by atomic mass is 10.1. The van der Waals surface area contributed by atoms with Gasteiger partial charge >= 0.3 is 0 Å². The van der Waals surface area contributed by atoms with Crippen molar-refractivity contribution < 1.29 is 9.53 Å². The van der Waals surface area contributed by atoms with Gasteiger partial charge in [-0.2, -0.15) is 0 Å². The number of halogens is 1. The first-order chi connectivity index (χ1) is 10.2. The number of hydrogen-bond donors (Lipinski definition) is 1. The topological polar surface area (TPSA) is 38.3 Å². The molecular formula is C17H16ClNO2. The zero-order chi connectivity index (χ0) is 15.1. The number of carbonyl (C=O) groups excluding carboxylic acids is 1. The highest BCUT2D eigenvalue weighted by atomic mass is 35.5. The Morgan fingerprint density at radius 2 is 1.90 bits per heavy atom. The molecular weight excluding hydrogens is 286 g/mol. The first kappa shape index (κ1) is 15.1.